The van der Waals surface area contributed by atoms with Crippen molar-refractivity contribution >= 4 is 17.5 Å². The van der Waals surface area contributed by atoms with Crippen LogP contribution in [0.4, 0.5) is 5.69 Å². The van der Waals surface area contributed by atoms with Crippen molar-refractivity contribution in [1.82, 2.24) is 10.6 Å². The van der Waals surface area contributed by atoms with E-state index in [9.17, 15) is 9.59 Å². The quantitative estimate of drug-likeness (QED) is 0.575. The summed E-state index contributed by atoms with van der Waals surface area (Å²) in [4.78, 5) is 24.1. The molecular weight excluding hydrogens is 342 g/mol. The molecule has 0 saturated carbocycles. The summed E-state index contributed by atoms with van der Waals surface area (Å²) in [5, 5.41) is 8.65. The zero-order valence-electron chi connectivity index (χ0n) is 14.8. The topological polar surface area (TPSA) is 83.4 Å². The van der Waals surface area contributed by atoms with Crippen LogP contribution in [0.3, 0.4) is 0 Å². The Labute approximate surface area is 157 Å². The lowest BCUT2D eigenvalue weighted by atomic mass is 10.1. The minimum atomic E-state index is -0.164. The second-order valence-corrected chi connectivity index (χ2v) is 5.98. The molecule has 2 aromatic carbocycles. The molecule has 0 saturated heterocycles. The van der Waals surface area contributed by atoms with E-state index in [4.69, 9.17) is 4.42 Å². The third-order valence-corrected chi connectivity index (χ3v) is 3.89. The van der Waals surface area contributed by atoms with Gasteiger partial charge in [0.15, 0.2) is 0 Å². The lowest BCUT2D eigenvalue weighted by Crippen LogP contribution is -2.27. The van der Waals surface area contributed by atoms with Crippen LogP contribution in [0.25, 0.3) is 0 Å². The van der Waals surface area contributed by atoms with E-state index in [1.165, 1.54) is 0 Å². The van der Waals surface area contributed by atoms with Gasteiger partial charge in [-0.15, -0.1) is 0 Å². The van der Waals surface area contributed by atoms with E-state index in [-0.39, 0.29) is 18.4 Å². The van der Waals surface area contributed by atoms with E-state index >= 15 is 0 Å². The van der Waals surface area contributed by atoms with Crippen LogP contribution in [-0.4, -0.2) is 18.4 Å². The number of amides is 2. The highest BCUT2D eigenvalue weighted by atomic mass is 16.3. The zero-order valence-corrected chi connectivity index (χ0v) is 14.8. The van der Waals surface area contributed by atoms with Crippen molar-refractivity contribution in [2.45, 2.75) is 13.1 Å². The fourth-order valence-corrected chi connectivity index (χ4v) is 2.50. The fraction of sp³-hybridized carbons (Fsp3) is 0.143. The van der Waals surface area contributed by atoms with Gasteiger partial charge in [0.2, 0.25) is 5.91 Å². The molecule has 1 aromatic heterocycles. The Morgan fingerprint density at radius 1 is 0.852 bits per heavy atom. The second-order valence-electron chi connectivity index (χ2n) is 5.98. The summed E-state index contributed by atoms with van der Waals surface area (Å²) in [5.74, 6) is 0.452. The fourth-order valence-electron chi connectivity index (χ4n) is 2.50. The van der Waals surface area contributed by atoms with Gasteiger partial charge in [0.05, 0.1) is 19.4 Å². The van der Waals surface area contributed by atoms with Gasteiger partial charge in [-0.05, 0) is 42.0 Å². The smallest absolute Gasteiger partial charge is 0.251 e. The van der Waals surface area contributed by atoms with E-state index in [2.05, 4.69) is 16.0 Å². The number of carbonyl (C=O) groups excluding carboxylic acids is 2. The largest absolute Gasteiger partial charge is 0.468 e. The lowest BCUT2D eigenvalue weighted by Gasteiger charge is -2.08. The Hall–Kier alpha value is -3.38. The SMILES string of the molecule is O=C(CNCc1ccco1)Nc1ccc(C(=O)NCc2ccccc2)cc1. The van der Waals surface area contributed by atoms with Gasteiger partial charge in [-0.25, -0.2) is 0 Å². The first-order chi connectivity index (χ1) is 13.2. The Balaban J connectivity index is 1.43. The Kier molecular flexibility index (Phi) is 6.38. The number of furan rings is 1. The van der Waals surface area contributed by atoms with Crippen molar-refractivity contribution < 1.29 is 14.0 Å². The van der Waals surface area contributed by atoms with E-state index in [0.717, 1.165) is 11.3 Å². The molecular formula is C21H21N3O3. The minimum absolute atomic E-state index is 0.156. The summed E-state index contributed by atoms with van der Waals surface area (Å²) in [5.41, 5.74) is 2.22. The molecule has 0 atom stereocenters. The molecule has 6 heteroatoms. The summed E-state index contributed by atoms with van der Waals surface area (Å²) >= 11 is 0. The van der Waals surface area contributed by atoms with Gasteiger partial charge >= 0.3 is 0 Å². The van der Waals surface area contributed by atoms with Crippen LogP contribution in [-0.2, 0) is 17.9 Å². The molecule has 0 fully saturated rings. The van der Waals surface area contributed by atoms with Crippen molar-refractivity contribution in [2.24, 2.45) is 0 Å². The van der Waals surface area contributed by atoms with Crippen LogP contribution in [0.2, 0.25) is 0 Å². The number of hydrogen-bond acceptors (Lipinski definition) is 4. The van der Waals surface area contributed by atoms with Gasteiger partial charge in [0.25, 0.3) is 5.91 Å². The highest BCUT2D eigenvalue weighted by Gasteiger charge is 2.07. The maximum Gasteiger partial charge on any atom is 0.251 e. The minimum Gasteiger partial charge on any atom is -0.468 e. The normalized spacial score (nSPS) is 10.4. The van der Waals surface area contributed by atoms with Crippen molar-refractivity contribution in [2.75, 3.05) is 11.9 Å². The molecule has 27 heavy (non-hydrogen) atoms. The van der Waals surface area contributed by atoms with Crippen molar-refractivity contribution in [3.8, 4) is 0 Å². The molecule has 0 aliphatic heterocycles. The van der Waals surface area contributed by atoms with Crippen molar-refractivity contribution in [3.63, 3.8) is 0 Å². The van der Waals surface area contributed by atoms with E-state index < -0.39 is 0 Å². The van der Waals surface area contributed by atoms with E-state index in [1.54, 1.807) is 36.6 Å². The molecule has 138 valence electrons. The molecule has 1 heterocycles. The van der Waals surface area contributed by atoms with E-state index in [1.807, 2.05) is 36.4 Å². The van der Waals surface area contributed by atoms with Gasteiger partial charge in [0.1, 0.15) is 5.76 Å². The van der Waals surface area contributed by atoms with Crippen LogP contribution >= 0.6 is 0 Å². The second kappa shape index (κ2) is 9.35. The summed E-state index contributed by atoms with van der Waals surface area (Å²) in [7, 11) is 0. The van der Waals surface area contributed by atoms with Gasteiger partial charge < -0.3 is 20.4 Å². The van der Waals surface area contributed by atoms with Crippen LogP contribution in [0.15, 0.2) is 77.4 Å². The van der Waals surface area contributed by atoms with Crippen LogP contribution < -0.4 is 16.0 Å². The average molecular weight is 363 g/mol. The molecule has 3 aromatic rings. The molecule has 0 spiro atoms. The molecule has 6 nitrogen and oxygen atoms in total. The highest BCUT2D eigenvalue weighted by Crippen LogP contribution is 2.10. The van der Waals surface area contributed by atoms with Gasteiger partial charge in [-0.2, -0.15) is 0 Å². The first-order valence-corrected chi connectivity index (χ1v) is 8.66. The Bertz CT molecular complexity index is 859. The first-order valence-electron chi connectivity index (χ1n) is 8.66. The number of nitrogens with one attached hydrogen (secondary N) is 3. The number of hydrogen-bond donors (Lipinski definition) is 3. The molecule has 0 aliphatic carbocycles. The molecule has 3 rings (SSSR count). The summed E-state index contributed by atoms with van der Waals surface area (Å²) in [6.45, 7) is 1.13. The Morgan fingerprint density at radius 2 is 1.63 bits per heavy atom. The molecule has 0 radical (unpaired) electrons. The highest BCUT2D eigenvalue weighted by molar-refractivity contribution is 5.96. The predicted molar refractivity (Wildman–Crippen MR) is 103 cm³/mol. The number of carbonyl (C=O) groups is 2. The van der Waals surface area contributed by atoms with Crippen LogP contribution in [0.1, 0.15) is 21.7 Å². The summed E-state index contributed by atoms with van der Waals surface area (Å²) < 4.78 is 5.19. The molecule has 0 bridgehead atoms. The average Bonchev–Trinajstić information content (AvgIpc) is 3.21. The third-order valence-electron chi connectivity index (χ3n) is 3.89. The van der Waals surface area contributed by atoms with Crippen LogP contribution in [0, 0.1) is 0 Å². The van der Waals surface area contributed by atoms with Crippen molar-refractivity contribution in [3.05, 3.63) is 89.9 Å². The molecule has 3 N–H and O–H groups in total. The monoisotopic (exact) mass is 363 g/mol. The standard InChI is InChI=1S/C21H21N3O3/c25-20(15-22-14-19-7-4-12-27-19)24-18-10-8-17(9-11-18)21(26)23-13-16-5-2-1-3-6-16/h1-12,22H,13-15H2,(H,23,26)(H,24,25). The van der Waals surface area contributed by atoms with Gasteiger partial charge in [0, 0.05) is 17.8 Å². The lowest BCUT2D eigenvalue weighted by molar-refractivity contribution is -0.115. The number of benzene rings is 2. The van der Waals surface area contributed by atoms with Crippen LogP contribution in [0.5, 0.6) is 0 Å². The number of rotatable bonds is 8. The van der Waals surface area contributed by atoms with Gasteiger partial charge in [-0.1, -0.05) is 30.3 Å². The van der Waals surface area contributed by atoms with E-state index in [0.29, 0.717) is 24.3 Å². The Morgan fingerprint density at radius 3 is 2.33 bits per heavy atom. The molecule has 0 aliphatic rings. The van der Waals surface area contributed by atoms with Gasteiger partial charge in [-0.3, -0.25) is 9.59 Å². The predicted octanol–water partition coefficient (Wildman–Crippen LogP) is 2.94. The number of anilines is 1. The third kappa shape index (κ3) is 5.83. The maximum absolute atomic E-state index is 12.2. The maximum atomic E-state index is 12.2. The first kappa shape index (κ1) is 18.4. The summed E-state index contributed by atoms with van der Waals surface area (Å²) in [6, 6.07) is 20.1. The molecule has 2 amide bonds. The zero-order chi connectivity index (χ0) is 18.9. The summed E-state index contributed by atoms with van der Waals surface area (Å²) in [6.07, 6.45) is 1.59. The van der Waals surface area contributed by atoms with Crippen molar-refractivity contribution in [1.29, 1.82) is 0 Å². The molecule has 0 unspecified atom stereocenters.